The van der Waals surface area contributed by atoms with E-state index in [1.54, 1.807) is 42.1 Å². The molecule has 9 heteroatoms. The summed E-state index contributed by atoms with van der Waals surface area (Å²) in [5.74, 6) is 0.881. The molecule has 0 spiro atoms. The van der Waals surface area contributed by atoms with Crippen LogP contribution in [0.15, 0.2) is 56.7 Å². The van der Waals surface area contributed by atoms with Crippen LogP contribution in [0.4, 0.5) is 5.69 Å². The summed E-state index contributed by atoms with van der Waals surface area (Å²) in [4.78, 5) is 24.4. The molecule has 28 heavy (non-hydrogen) atoms. The number of carbonyl (C=O) groups excluding carboxylic acids is 2. The Labute approximate surface area is 163 Å². The molecular formula is C19H16N4O4S. The second-order valence-corrected chi connectivity index (χ2v) is 6.98. The zero-order valence-electron chi connectivity index (χ0n) is 15.1. The average molecular weight is 396 g/mol. The lowest BCUT2D eigenvalue weighted by Gasteiger charge is -2.05. The number of aromatic nitrogens is 3. The van der Waals surface area contributed by atoms with Gasteiger partial charge in [-0.1, -0.05) is 23.9 Å². The number of Topliss-reactive ketones (excluding diaryl/α,β-unsaturated/α-hetero) is 1. The fraction of sp³-hybridized carbons (Fsp3) is 0.158. The molecule has 1 aromatic carbocycles. The SMILES string of the molecule is CC(=O)c1oc2ccccc2c1NC(=O)CSc1nnc(-c2ccco2)n1C. The number of carbonyl (C=O) groups is 2. The lowest BCUT2D eigenvalue weighted by Crippen LogP contribution is -2.16. The van der Waals surface area contributed by atoms with Crippen LogP contribution < -0.4 is 5.32 Å². The number of anilines is 1. The van der Waals surface area contributed by atoms with Crippen molar-refractivity contribution in [2.24, 2.45) is 7.05 Å². The Balaban J connectivity index is 1.50. The molecule has 4 rings (SSSR count). The molecular weight excluding hydrogens is 380 g/mol. The Morgan fingerprint density at radius 3 is 2.75 bits per heavy atom. The first kappa shape index (κ1) is 18.1. The molecule has 0 bridgehead atoms. The molecule has 0 saturated heterocycles. The standard InChI is InChI=1S/C19H16N4O4S/c1-11(24)17-16(12-6-3-4-7-13(12)27-17)20-15(25)10-28-19-22-21-18(23(19)2)14-8-5-9-26-14/h3-9H,10H2,1-2H3,(H,20,25). The maximum Gasteiger partial charge on any atom is 0.234 e. The van der Waals surface area contributed by atoms with E-state index in [-0.39, 0.29) is 23.2 Å². The van der Waals surface area contributed by atoms with Gasteiger partial charge in [0, 0.05) is 19.4 Å². The van der Waals surface area contributed by atoms with E-state index in [1.807, 2.05) is 12.1 Å². The van der Waals surface area contributed by atoms with Gasteiger partial charge in [-0.2, -0.15) is 0 Å². The summed E-state index contributed by atoms with van der Waals surface area (Å²) >= 11 is 1.23. The molecule has 0 aliphatic carbocycles. The Kier molecular flexibility index (Phi) is 4.74. The van der Waals surface area contributed by atoms with E-state index in [2.05, 4.69) is 15.5 Å². The van der Waals surface area contributed by atoms with E-state index in [9.17, 15) is 9.59 Å². The Bertz CT molecular complexity index is 1160. The lowest BCUT2D eigenvalue weighted by atomic mass is 10.2. The van der Waals surface area contributed by atoms with Gasteiger partial charge in [-0.25, -0.2) is 0 Å². The van der Waals surface area contributed by atoms with Crippen molar-refractivity contribution >= 4 is 40.1 Å². The van der Waals surface area contributed by atoms with Gasteiger partial charge in [0.25, 0.3) is 0 Å². The lowest BCUT2D eigenvalue weighted by molar-refractivity contribution is -0.113. The third-order valence-electron chi connectivity index (χ3n) is 4.09. The van der Waals surface area contributed by atoms with Crippen LogP contribution in [0.2, 0.25) is 0 Å². The largest absolute Gasteiger partial charge is 0.461 e. The summed E-state index contributed by atoms with van der Waals surface area (Å²) in [6.45, 7) is 1.40. The number of para-hydroxylation sites is 1. The number of amides is 1. The highest BCUT2D eigenvalue weighted by molar-refractivity contribution is 7.99. The van der Waals surface area contributed by atoms with Crippen LogP contribution in [0.1, 0.15) is 17.5 Å². The average Bonchev–Trinajstić information content (AvgIpc) is 3.39. The fourth-order valence-corrected chi connectivity index (χ4v) is 3.50. The van der Waals surface area contributed by atoms with Crippen molar-refractivity contribution in [1.29, 1.82) is 0 Å². The molecule has 0 radical (unpaired) electrons. The maximum absolute atomic E-state index is 12.5. The Hall–Kier alpha value is -3.33. The highest BCUT2D eigenvalue weighted by Gasteiger charge is 2.20. The van der Waals surface area contributed by atoms with Crippen molar-refractivity contribution in [3.63, 3.8) is 0 Å². The molecule has 0 unspecified atom stereocenters. The molecule has 0 aliphatic rings. The Morgan fingerprint density at radius 1 is 1.18 bits per heavy atom. The van der Waals surface area contributed by atoms with Gasteiger partial charge in [0.15, 0.2) is 28.3 Å². The fourth-order valence-electron chi connectivity index (χ4n) is 2.78. The number of hydrogen-bond donors (Lipinski definition) is 1. The first-order valence-corrected chi connectivity index (χ1v) is 9.41. The van der Waals surface area contributed by atoms with Gasteiger partial charge in [-0.3, -0.25) is 9.59 Å². The third-order valence-corrected chi connectivity index (χ3v) is 5.11. The molecule has 3 aromatic heterocycles. The van der Waals surface area contributed by atoms with Crippen molar-refractivity contribution in [2.75, 3.05) is 11.1 Å². The quantitative estimate of drug-likeness (QED) is 0.391. The van der Waals surface area contributed by atoms with E-state index in [0.717, 1.165) is 0 Å². The molecule has 0 saturated carbocycles. The van der Waals surface area contributed by atoms with Crippen molar-refractivity contribution in [3.05, 3.63) is 48.4 Å². The van der Waals surface area contributed by atoms with E-state index < -0.39 is 0 Å². The monoisotopic (exact) mass is 396 g/mol. The van der Waals surface area contributed by atoms with Gasteiger partial charge >= 0.3 is 0 Å². The normalized spacial score (nSPS) is 11.1. The van der Waals surface area contributed by atoms with E-state index in [4.69, 9.17) is 8.83 Å². The summed E-state index contributed by atoms with van der Waals surface area (Å²) in [5, 5.41) is 12.2. The molecule has 0 atom stereocenters. The van der Waals surface area contributed by atoms with Crippen LogP contribution in [0.5, 0.6) is 0 Å². The molecule has 142 valence electrons. The van der Waals surface area contributed by atoms with Gasteiger partial charge in [0.2, 0.25) is 5.91 Å². The molecule has 3 heterocycles. The third kappa shape index (κ3) is 3.31. The first-order chi connectivity index (χ1) is 13.5. The van der Waals surface area contributed by atoms with Crippen molar-refractivity contribution in [3.8, 4) is 11.6 Å². The van der Waals surface area contributed by atoms with Gasteiger partial charge < -0.3 is 18.7 Å². The van der Waals surface area contributed by atoms with Gasteiger partial charge in [0.05, 0.1) is 17.7 Å². The number of furan rings is 2. The van der Waals surface area contributed by atoms with E-state index in [0.29, 0.717) is 33.4 Å². The van der Waals surface area contributed by atoms with E-state index in [1.165, 1.54) is 18.7 Å². The molecule has 1 amide bonds. The number of fused-ring (bicyclic) bond motifs is 1. The minimum atomic E-state index is -0.276. The van der Waals surface area contributed by atoms with Crippen LogP contribution in [0, 0.1) is 0 Å². The summed E-state index contributed by atoms with van der Waals surface area (Å²) in [7, 11) is 1.80. The molecule has 8 nitrogen and oxygen atoms in total. The highest BCUT2D eigenvalue weighted by Crippen LogP contribution is 2.31. The number of hydrogen-bond acceptors (Lipinski definition) is 7. The summed E-state index contributed by atoms with van der Waals surface area (Å²) < 4.78 is 12.7. The number of nitrogens with one attached hydrogen (secondary N) is 1. The van der Waals surface area contributed by atoms with E-state index >= 15 is 0 Å². The van der Waals surface area contributed by atoms with Crippen LogP contribution in [0.3, 0.4) is 0 Å². The highest BCUT2D eigenvalue weighted by atomic mass is 32.2. The van der Waals surface area contributed by atoms with Crippen LogP contribution in [-0.4, -0.2) is 32.2 Å². The summed E-state index contributed by atoms with van der Waals surface area (Å²) in [5.41, 5.74) is 0.940. The van der Waals surface area contributed by atoms with Crippen molar-refractivity contribution in [1.82, 2.24) is 14.8 Å². The van der Waals surface area contributed by atoms with Crippen LogP contribution >= 0.6 is 11.8 Å². The zero-order valence-corrected chi connectivity index (χ0v) is 15.9. The van der Waals surface area contributed by atoms with Gasteiger partial charge in [-0.15, -0.1) is 10.2 Å². The number of ketones is 1. The van der Waals surface area contributed by atoms with Gasteiger partial charge in [0.1, 0.15) is 5.58 Å². The topological polar surface area (TPSA) is 103 Å². The molecule has 0 fully saturated rings. The van der Waals surface area contributed by atoms with Crippen LogP contribution in [0.25, 0.3) is 22.6 Å². The van der Waals surface area contributed by atoms with Gasteiger partial charge in [-0.05, 0) is 24.3 Å². The molecule has 1 N–H and O–H groups in total. The summed E-state index contributed by atoms with van der Waals surface area (Å²) in [6.07, 6.45) is 1.56. The van der Waals surface area contributed by atoms with Crippen LogP contribution in [-0.2, 0) is 11.8 Å². The smallest absolute Gasteiger partial charge is 0.234 e. The molecule has 0 aliphatic heterocycles. The second kappa shape index (κ2) is 7.35. The predicted molar refractivity (Wildman–Crippen MR) is 104 cm³/mol. The summed E-state index contributed by atoms with van der Waals surface area (Å²) in [6, 6.07) is 10.7. The number of thioether (sulfide) groups is 1. The Morgan fingerprint density at radius 2 is 2.00 bits per heavy atom. The second-order valence-electron chi connectivity index (χ2n) is 6.04. The first-order valence-electron chi connectivity index (χ1n) is 8.43. The molecule has 4 aromatic rings. The predicted octanol–water partition coefficient (Wildman–Crippen LogP) is 3.75. The van der Waals surface area contributed by atoms with Crippen molar-refractivity contribution < 1.29 is 18.4 Å². The number of nitrogens with zero attached hydrogens (tertiary/aromatic N) is 3. The number of rotatable bonds is 6. The number of benzene rings is 1. The van der Waals surface area contributed by atoms with Crippen molar-refractivity contribution in [2.45, 2.75) is 12.1 Å². The minimum Gasteiger partial charge on any atom is -0.461 e. The zero-order chi connectivity index (χ0) is 19.7. The maximum atomic E-state index is 12.5. The minimum absolute atomic E-state index is 0.0982.